The number of nitrogens with zero attached hydrogens (tertiary/aromatic N) is 1. The van der Waals surface area contributed by atoms with Gasteiger partial charge >= 0.3 is 0 Å². The molecule has 1 aliphatic heterocycles. The largest absolute Gasteiger partial charge is 0.298 e. The Labute approximate surface area is 137 Å². The summed E-state index contributed by atoms with van der Waals surface area (Å²) in [5.41, 5.74) is 3.42. The maximum absolute atomic E-state index is 13.7. The molecule has 0 bridgehead atoms. The van der Waals surface area contributed by atoms with Crippen molar-refractivity contribution in [2.24, 2.45) is 0 Å². The summed E-state index contributed by atoms with van der Waals surface area (Å²) in [4.78, 5) is 2.47. The summed E-state index contributed by atoms with van der Waals surface area (Å²) in [6.07, 6.45) is 4.08. The molecule has 0 aromatic heterocycles. The lowest BCUT2D eigenvalue weighted by Gasteiger charge is -2.28. The van der Waals surface area contributed by atoms with Gasteiger partial charge in [0.15, 0.2) is 0 Å². The Morgan fingerprint density at radius 2 is 1.55 bits per heavy atom. The van der Waals surface area contributed by atoms with Crippen LogP contribution in [0, 0.1) is 5.82 Å². The maximum atomic E-state index is 13.7. The number of hydrogen-bond donors (Lipinski definition) is 0. The average Bonchev–Trinajstić information content (AvgIpc) is 2.52. The van der Waals surface area contributed by atoms with Crippen molar-refractivity contribution in [3.63, 3.8) is 0 Å². The summed E-state index contributed by atoms with van der Waals surface area (Å²) < 4.78 is 13.7. The molecule has 0 radical (unpaired) electrons. The average molecular weight is 318 g/mol. The van der Waals surface area contributed by atoms with Gasteiger partial charge in [0, 0.05) is 25.2 Å². The van der Waals surface area contributed by atoms with Crippen LogP contribution in [0.2, 0.25) is 0 Å². The third kappa shape index (κ3) is 4.43. The summed E-state index contributed by atoms with van der Waals surface area (Å²) in [5, 5.41) is 0. The standard InChI is InChI=1S/C19H20FN.ClH/c20-19-9-5-4-8-18(19)14-16-10-12-21(13-11-16)15-17-6-2-1-3-7-17;/h1-9,14H,10-13,15H2;1H. The maximum Gasteiger partial charge on any atom is 0.130 e. The molecule has 0 spiro atoms. The zero-order chi connectivity index (χ0) is 14.5. The van der Waals surface area contributed by atoms with Crippen LogP contribution >= 0.6 is 12.4 Å². The third-order valence-corrected chi connectivity index (χ3v) is 4.01. The van der Waals surface area contributed by atoms with E-state index >= 15 is 0 Å². The van der Waals surface area contributed by atoms with Gasteiger partial charge in [0.05, 0.1) is 0 Å². The summed E-state index contributed by atoms with van der Waals surface area (Å²) in [6, 6.07) is 17.6. The van der Waals surface area contributed by atoms with Crippen LogP contribution in [-0.4, -0.2) is 18.0 Å². The van der Waals surface area contributed by atoms with Crippen LogP contribution in [0.1, 0.15) is 24.0 Å². The fraction of sp³-hybridized carbons (Fsp3) is 0.263. The van der Waals surface area contributed by atoms with Gasteiger partial charge < -0.3 is 0 Å². The van der Waals surface area contributed by atoms with E-state index in [4.69, 9.17) is 0 Å². The van der Waals surface area contributed by atoms with E-state index in [1.807, 2.05) is 18.2 Å². The Bertz CT molecular complexity index is 614. The van der Waals surface area contributed by atoms with Crippen molar-refractivity contribution < 1.29 is 4.39 Å². The molecular weight excluding hydrogens is 297 g/mol. The molecule has 1 aliphatic rings. The van der Waals surface area contributed by atoms with Crippen LogP contribution in [-0.2, 0) is 6.54 Å². The van der Waals surface area contributed by atoms with Gasteiger partial charge in [-0.15, -0.1) is 12.4 Å². The van der Waals surface area contributed by atoms with Crippen LogP contribution in [0.5, 0.6) is 0 Å². The lowest BCUT2D eigenvalue weighted by atomic mass is 10.0. The minimum atomic E-state index is -0.128. The number of benzene rings is 2. The molecule has 0 N–H and O–H groups in total. The molecule has 1 saturated heterocycles. The number of hydrogen-bond acceptors (Lipinski definition) is 1. The van der Waals surface area contributed by atoms with Crippen LogP contribution in [0.25, 0.3) is 6.08 Å². The van der Waals surface area contributed by atoms with Crippen molar-refractivity contribution in [3.8, 4) is 0 Å². The first-order valence-electron chi connectivity index (χ1n) is 7.51. The van der Waals surface area contributed by atoms with Crippen molar-refractivity contribution >= 4 is 18.5 Å². The van der Waals surface area contributed by atoms with Gasteiger partial charge in [0.1, 0.15) is 5.82 Å². The van der Waals surface area contributed by atoms with Crippen LogP contribution in [0.15, 0.2) is 60.2 Å². The minimum absolute atomic E-state index is 0. The fourth-order valence-corrected chi connectivity index (χ4v) is 2.80. The van der Waals surface area contributed by atoms with Gasteiger partial charge in [-0.25, -0.2) is 4.39 Å². The number of rotatable bonds is 3. The highest BCUT2D eigenvalue weighted by Crippen LogP contribution is 2.21. The zero-order valence-corrected chi connectivity index (χ0v) is 13.4. The van der Waals surface area contributed by atoms with Crippen LogP contribution in [0.4, 0.5) is 4.39 Å². The van der Waals surface area contributed by atoms with Crippen molar-refractivity contribution in [3.05, 3.63) is 77.1 Å². The highest BCUT2D eigenvalue weighted by atomic mass is 35.5. The molecule has 1 fully saturated rings. The molecule has 0 atom stereocenters. The molecule has 2 aromatic rings. The predicted octanol–water partition coefficient (Wildman–Crippen LogP) is 4.93. The molecule has 22 heavy (non-hydrogen) atoms. The second kappa shape index (κ2) is 8.11. The van der Waals surface area contributed by atoms with E-state index in [0.29, 0.717) is 5.56 Å². The molecular formula is C19H21ClFN. The SMILES string of the molecule is Cl.Fc1ccccc1C=C1CCN(Cc2ccccc2)CC1. The van der Waals surface area contributed by atoms with Gasteiger partial charge in [-0.05, 0) is 24.5 Å². The lowest BCUT2D eigenvalue weighted by Crippen LogP contribution is -2.30. The van der Waals surface area contributed by atoms with E-state index in [2.05, 4.69) is 35.2 Å². The summed E-state index contributed by atoms with van der Waals surface area (Å²) in [6.45, 7) is 3.11. The summed E-state index contributed by atoms with van der Waals surface area (Å²) >= 11 is 0. The first-order valence-corrected chi connectivity index (χ1v) is 7.51. The van der Waals surface area contributed by atoms with E-state index in [0.717, 1.165) is 32.5 Å². The lowest BCUT2D eigenvalue weighted by molar-refractivity contribution is 0.249. The Hall–Kier alpha value is -1.64. The van der Waals surface area contributed by atoms with E-state index in [-0.39, 0.29) is 18.2 Å². The number of piperidine rings is 1. The quantitative estimate of drug-likeness (QED) is 0.776. The van der Waals surface area contributed by atoms with Crippen molar-refractivity contribution in [1.29, 1.82) is 0 Å². The molecule has 2 aromatic carbocycles. The van der Waals surface area contributed by atoms with Gasteiger partial charge in [-0.2, -0.15) is 0 Å². The Morgan fingerprint density at radius 3 is 2.23 bits per heavy atom. The first kappa shape index (κ1) is 16.7. The monoisotopic (exact) mass is 317 g/mol. The van der Waals surface area contributed by atoms with Crippen LogP contribution in [0.3, 0.4) is 0 Å². The van der Waals surface area contributed by atoms with Gasteiger partial charge in [-0.3, -0.25) is 4.90 Å². The van der Waals surface area contributed by atoms with Gasteiger partial charge in [-0.1, -0.05) is 60.2 Å². The van der Waals surface area contributed by atoms with E-state index in [9.17, 15) is 4.39 Å². The molecule has 116 valence electrons. The van der Waals surface area contributed by atoms with Crippen molar-refractivity contribution in [2.45, 2.75) is 19.4 Å². The molecule has 1 heterocycles. The third-order valence-electron chi connectivity index (χ3n) is 4.01. The summed E-state index contributed by atoms with van der Waals surface area (Å²) in [7, 11) is 0. The Kier molecular flexibility index (Phi) is 6.17. The number of halogens is 2. The van der Waals surface area contributed by atoms with Crippen molar-refractivity contribution in [2.75, 3.05) is 13.1 Å². The summed E-state index contributed by atoms with van der Waals surface area (Å²) in [5.74, 6) is -0.128. The molecule has 0 amide bonds. The normalized spacial score (nSPS) is 15.2. The van der Waals surface area contributed by atoms with E-state index < -0.39 is 0 Å². The molecule has 0 saturated carbocycles. The van der Waals surface area contributed by atoms with Crippen molar-refractivity contribution in [1.82, 2.24) is 4.90 Å². The second-order valence-electron chi connectivity index (χ2n) is 5.59. The highest BCUT2D eigenvalue weighted by Gasteiger charge is 2.14. The zero-order valence-electron chi connectivity index (χ0n) is 12.5. The Morgan fingerprint density at radius 1 is 0.909 bits per heavy atom. The molecule has 0 aliphatic carbocycles. The topological polar surface area (TPSA) is 3.24 Å². The van der Waals surface area contributed by atoms with E-state index in [1.165, 1.54) is 17.2 Å². The molecule has 0 unspecified atom stereocenters. The predicted molar refractivity (Wildman–Crippen MR) is 92.6 cm³/mol. The van der Waals surface area contributed by atoms with Gasteiger partial charge in [0.25, 0.3) is 0 Å². The molecule has 3 rings (SSSR count). The number of likely N-dealkylation sites (tertiary alicyclic amines) is 1. The highest BCUT2D eigenvalue weighted by molar-refractivity contribution is 5.85. The first-order chi connectivity index (χ1) is 10.3. The molecule has 3 heteroatoms. The van der Waals surface area contributed by atoms with Gasteiger partial charge in [0.2, 0.25) is 0 Å². The fourth-order valence-electron chi connectivity index (χ4n) is 2.80. The smallest absolute Gasteiger partial charge is 0.130 e. The Balaban J connectivity index is 0.00000176. The minimum Gasteiger partial charge on any atom is -0.298 e. The van der Waals surface area contributed by atoms with E-state index in [1.54, 1.807) is 6.07 Å². The second-order valence-corrected chi connectivity index (χ2v) is 5.59. The molecule has 1 nitrogen and oxygen atoms in total. The van der Waals surface area contributed by atoms with Crippen LogP contribution < -0.4 is 0 Å².